The Labute approximate surface area is 117 Å². The van der Waals surface area contributed by atoms with E-state index in [9.17, 15) is 0 Å². The molecule has 0 fully saturated rings. The molecule has 2 aromatic carbocycles. The third-order valence-corrected chi connectivity index (χ3v) is 3.05. The summed E-state index contributed by atoms with van der Waals surface area (Å²) in [6, 6.07) is 18.8. The fourth-order valence-corrected chi connectivity index (χ4v) is 1.88. The molecule has 0 aliphatic rings. The summed E-state index contributed by atoms with van der Waals surface area (Å²) in [4.78, 5) is 0. The lowest BCUT2D eigenvalue weighted by molar-refractivity contribution is 0.322. The van der Waals surface area contributed by atoms with Crippen LogP contribution in [0.1, 0.15) is 13.0 Å². The fraction of sp³-hybridized carbons (Fsp3) is 0.294. The van der Waals surface area contributed by atoms with Gasteiger partial charge in [-0.15, -0.1) is 0 Å². The summed E-state index contributed by atoms with van der Waals surface area (Å²) >= 11 is 0. The highest BCUT2D eigenvalue weighted by Crippen LogP contribution is 2.09. The Morgan fingerprint density at radius 3 is 2.11 bits per heavy atom. The Kier molecular flexibility index (Phi) is 6.21. The second kappa shape index (κ2) is 7.68. The van der Waals surface area contributed by atoms with Gasteiger partial charge in [-0.2, -0.15) is 0 Å². The zero-order valence-electron chi connectivity index (χ0n) is 11.1. The zero-order chi connectivity index (χ0) is 12.8. The summed E-state index contributed by atoms with van der Waals surface area (Å²) in [6.07, 6.45) is 0.951. The van der Waals surface area contributed by atoms with Gasteiger partial charge in [0.25, 0.3) is 0 Å². The molecule has 0 bridgehead atoms. The van der Waals surface area contributed by atoms with E-state index in [-0.39, 0.29) is 7.43 Å². The zero-order valence-corrected chi connectivity index (χ0v) is 11.1. The van der Waals surface area contributed by atoms with Crippen LogP contribution in [0.15, 0.2) is 54.6 Å². The van der Waals surface area contributed by atoms with Crippen LogP contribution in [-0.4, -0.2) is 13.3 Å². The Hall–Kier alpha value is -1.70. The quantitative estimate of drug-likeness (QED) is 0.735. The van der Waals surface area contributed by atoms with Gasteiger partial charge in [0.1, 0.15) is 5.75 Å². The molecular weight excluding hydrogens is 231 g/mol. The largest absolute Gasteiger partial charge is 0.493 e. The van der Waals surface area contributed by atoms with E-state index in [2.05, 4.69) is 62.2 Å². The van der Waals surface area contributed by atoms with E-state index in [1.54, 1.807) is 0 Å². The van der Waals surface area contributed by atoms with Gasteiger partial charge in [-0.25, -0.2) is 0 Å². The number of rotatable bonds is 5. The number of hydrogen-bond acceptors (Lipinski definition) is 1. The Bertz CT molecular complexity index is 462. The van der Waals surface area contributed by atoms with Crippen LogP contribution in [0.2, 0.25) is 13.6 Å². The average molecular weight is 254 g/mol. The highest BCUT2D eigenvalue weighted by Gasteiger charge is 2.02. The van der Waals surface area contributed by atoms with Gasteiger partial charge in [0.15, 0.2) is 6.71 Å². The minimum atomic E-state index is 0. The topological polar surface area (TPSA) is 9.23 Å². The van der Waals surface area contributed by atoms with E-state index in [1.807, 2.05) is 6.07 Å². The maximum absolute atomic E-state index is 5.74. The molecule has 0 atom stereocenters. The molecule has 19 heavy (non-hydrogen) atoms. The van der Waals surface area contributed by atoms with Crippen LogP contribution in [0.4, 0.5) is 0 Å². The SMILES string of the molecule is C.CB(C)c1ccc(OCCc2ccccc2)cc1. The van der Waals surface area contributed by atoms with Gasteiger partial charge in [-0.1, -0.05) is 69.0 Å². The second-order valence-electron chi connectivity index (χ2n) is 4.81. The van der Waals surface area contributed by atoms with E-state index in [4.69, 9.17) is 4.74 Å². The van der Waals surface area contributed by atoms with Crippen LogP contribution >= 0.6 is 0 Å². The standard InChI is InChI=1S/C16H19BO.CH4/c1-17(2)15-8-10-16(11-9-15)18-13-12-14-6-4-3-5-7-14;/h3-11H,12-13H2,1-2H3;1H4. The van der Waals surface area contributed by atoms with Gasteiger partial charge in [-0.05, 0) is 17.7 Å². The van der Waals surface area contributed by atoms with Crippen molar-refractivity contribution < 1.29 is 4.74 Å². The van der Waals surface area contributed by atoms with E-state index in [0.717, 1.165) is 18.8 Å². The minimum Gasteiger partial charge on any atom is -0.493 e. The molecule has 2 aromatic rings. The van der Waals surface area contributed by atoms with Crippen molar-refractivity contribution in [1.82, 2.24) is 0 Å². The van der Waals surface area contributed by atoms with E-state index < -0.39 is 0 Å². The number of benzene rings is 2. The van der Waals surface area contributed by atoms with Gasteiger partial charge >= 0.3 is 0 Å². The lowest BCUT2D eigenvalue weighted by atomic mass is 9.49. The highest BCUT2D eigenvalue weighted by atomic mass is 16.5. The lowest BCUT2D eigenvalue weighted by Gasteiger charge is -2.08. The van der Waals surface area contributed by atoms with Crippen LogP contribution in [0, 0.1) is 0 Å². The van der Waals surface area contributed by atoms with Crippen molar-refractivity contribution in [3.63, 3.8) is 0 Å². The van der Waals surface area contributed by atoms with Crippen molar-refractivity contribution in [2.45, 2.75) is 27.5 Å². The Morgan fingerprint density at radius 2 is 1.53 bits per heavy atom. The molecule has 0 spiro atoms. The summed E-state index contributed by atoms with van der Waals surface area (Å²) in [5.41, 5.74) is 2.67. The Balaban J connectivity index is 0.00000180. The molecule has 0 unspecified atom stereocenters. The third-order valence-electron chi connectivity index (χ3n) is 3.05. The van der Waals surface area contributed by atoms with Crippen molar-refractivity contribution in [3.8, 4) is 5.75 Å². The van der Waals surface area contributed by atoms with Crippen LogP contribution in [0.3, 0.4) is 0 Å². The van der Waals surface area contributed by atoms with E-state index >= 15 is 0 Å². The summed E-state index contributed by atoms with van der Waals surface area (Å²) in [7, 11) is 0. The van der Waals surface area contributed by atoms with Crippen LogP contribution in [0.25, 0.3) is 0 Å². The molecule has 0 aliphatic heterocycles. The molecule has 0 saturated carbocycles. The van der Waals surface area contributed by atoms with Crippen LogP contribution in [0.5, 0.6) is 5.75 Å². The van der Waals surface area contributed by atoms with Crippen LogP contribution in [-0.2, 0) is 6.42 Å². The molecule has 1 nitrogen and oxygen atoms in total. The molecule has 100 valence electrons. The van der Waals surface area contributed by atoms with Crippen molar-refractivity contribution in [2.24, 2.45) is 0 Å². The van der Waals surface area contributed by atoms with E-state index in [0.29, 0.717) is 6.71 Å². The second-order valence-corrected chi connectivity index (χ2v) is 4.81. The predicted molar refractivity (Wildman–Crippen MR) is 85.9 cm³/mol. The molecule has 2 heteroatoms. The maximum Gasteiger partial charge on any atom is 0.169 e. The molecule has 0 radical (unpaired) electrons. The first-order valence-electron chi connectivity index (χ1n) is 6.52. The number of ether oxygens (including phenoxy) is 1. The molecule has 0 aliphatic carbocycles. The van der Waals surface area contributed by atoms with Crippen molar-refractivity contribution in [1.29, 1.82) is 0 Å². The van der Waals surface area contributed by atoms with E-state index in [1.165, 1.54) is 11.0 Å². The predicted octanol–water partition coefficient (Wildman–Crippen LogP) is 3.91. The van der Waals surface area contributed by atoms with Gasteiger partial charge in [0.2, 0.25) is 0 Å². The minimum absolute atomic E-state index is 0. The fourth-order valence-electron chi connectivity index (χ4n) is 1.88. The average Bonchev–Trinajstić information content (AvgIpc) is 2.40. The molecule has 0 amide bonds. The normalized spacial score (nSPS) is 9.58. The number of hydrogen-bond donors (Lipinski definition) is 0. The maximum atomic E-state index is 5.74. The van der Waals surface area contributed by atoms with Crippen molar-refractivity contribution >= 4 is 12.2 Å². The molecular formula is C17H23BO. The van der Waals surface area contributed by atoms with Crippen molar-refractivity contribution in [2.75, 3.05) is 6.61 Å². The van der Waals surface area contributed by atoms with Crippen LogP contribution < -0.4 is 10.2 Å². The third kappa shape index (κ3) is 4.82. The summed E-state index contributed by atoms with van der Waals surface area (Å²) in [6.45, 7) is 5.70. The van der Waals surface area contributed by atoms with Gasteiger partial charge in [0, 0.05) is 6.42 Å². The molecule has 0 saturated heterocycles. The first-order valence-corrected chi connectivity index (χ1v) is 6.52. The summed E-state index contributed by atoms with van der Waals surface area (Å²) in [5.74, 6) is 0.954. The monoisotopic (exact) mass is 254 g/mol. The highest BCUT2D eigenvalue weighted by molar-refractivity contribution is 6.70. The molecule has 0 heterocycles. The Morgan fingerprint density at radius 1 is 0.895 bits per heavy atom. The molecule has 0 N–H and O–H groups in total. The van der Waals surface area contributed by atoms with Gasteiger partial charge in [-0.3, -0.25) is 0 Å². The first-order chi connectivity index (χ1) is 8.75. The van der Waals surface area contributed by atoms with Gasteiger partial charge in [0.05, 0.1) is 6.61 Å². The smallest absolute Gasteiger partial charge is 0.169 e. The summed E-state index contributed by atoms with van der Waals surface area (Å²) < 4.78 is 5.74. The summed E-state index contributed by atoms with van der Waals surface area (Å²) in [5, 5.41) is 0. The molecule has 2 rings (SSSR count). The molecule has 0 aromatic heterocycles. The van der Waals surface area contributed by atoms with Gasteiger partial charge < -0.3 is 4.74 Å². The van der Waals surface area contributed by atoms with Crippen molar-refractivity contribution in [3.05, 3.63) is 60.2 Å². The lowest BCUT2D eigenvalue weighted by Crippen LogP contribution is -2.21. The first kappa shape index (κ1) is 15.4.